The van der Waals surface area contributed by atoms with E-state index in [0.29, 0.717) is 0 Å². The zero-order valence-corrected chi connectivity index (χ0v) is 12.4. The van der Waals surface area contributed by atoms with Crippen molar-refractivity contribution in [3.8, 4) is 5.75 Å². The first-order valence-electron chi connectivity index (χ1n) is 6.41. The maximum absolute atomic E-state index is 5.99. The van der Waals surface area contributed by atoms with Crippen LogP contribution in [-0.2, 0) is 4.74 Å². The van der Waals surface area contributed by atoms with Gasteiger partial charge in [-0.2, -0.15) is 0 Å². The van der Waals surface area contributed by atoms with Crippen molar-refractivity contribution < 1.29 is 9.47 Å². The van der Waals surface area contributed by atoms with Gasteiger partial charge in [0.25, 0.3) is 0 Å². The Labute approximate surface area is 117 Å². The lowest BCUT2D eigenvalue weighted by atomic mass is 9.86. The summed E-state index contributed by atoms with van der Waals surface area (Å²) >= 11 is 3.45. The zero-order valence-electron chi connectivity index (χ0n) is 10.9. The van der Waals surface area contributed by atoms with Crippen LogP contribution in [0.15, 0.2) is 22.7 Å². The number of rotatable bonds is 5. The smallest absolute Gasteiger partial charge is 0.128 e. The largest absolute Gasteiger partial charge is 0.487 e. The third-order valence-corrected chi connectivity index (χ3v) is 3.72. The summed E-state index contributed by atoms with van der Waals surface area (Å²) in [5.74, 6) is 0.917. The molecule has 1 aliphatic carbocycles. The van der Waals surface area contributed by atoms with Crippen molar-refractivity contribution in [1.29, 1.82) is 0 Å². The van der Waals surface area contributed by atoms with Gasteiger partial charge < -0.3 is 15.2 Å². The van der Waals surface area contributed by atoms with Crippen molar-refractivity contribution in [2.45, 2.75) is 44.9 Å². The van der Waals surface area contributed by atoms with E-state index >= 15 is 0 Å². The molecule has 3 unspecified atom stereocenters. The Morgan fingerprint density at radius 2 is 2.22 bits per heavy atom. The molecule has 4 heteroatoms. The summed E-state index contributed by atoms with van der Waals surface area (Å²) in [4.78, 5) is 0. The van der Waals surface area contributed by atoms with Crippen molar-refractivity contribution in [2.75, 3.05) is 6.61 Å². The fourth-order valence-corrected chi connectivity index (χ4v) is 2.60. The van der Waals surface area contributed by atoms with Crippen molar-refractivity contribution in [3.63, 3.8) is 0 Å². The van der Waals surface area contributed by atoms with Gasteiger partial charge in [0.1, 0.15) is 18.0 Å². The summed E-state index contributed by atoms with van der Waals surface area (Å²) in [7, 11) is 0. The molecule has 3 atom stereocenters. The third kappa shape index (κ3) is 3.05. The Morgan fingerprint density at radius 1 is 1.44 bits per heavy atom. The lowest BCUT2D eigenvalue weighted by Gasteiger charge is -2.42. The standard InChI is InChI=1S/C14H20BrNO2/c1-3-6-17-14-11(16)8-13(14)18-12-5-4-10(15)7-9(12)2/h4-5,7,11,13-14H,3,6,8,16H2,1-2H3. The van der Waals surface area contributed by atoms with Gasteiger partial charge in [0.2, 0.25) is 0 Å². The van der Waals surface area contributed by atoms with Gasteiger partial charge in [-0.05, 0) is 37.1 Å². The summed E-state index contributed by atoms with van der Waals surface area (Å²) in [6, 6.07) is 6.14. The highest BCUT2D eigenvalue weighted by Gasteiger charge is 2.41. The molecular formula is C14H20BrNO2. The average Bonchev–Trinajstić information content (AvgIpc) is 2.32. The van der Waals surface area contributed by atoms with Crippen LogP contribution >= 0.6 is 15.9 Å². The second-order valence-corrected chi connectivity index (χ2v) is 5.72. The first kappa shape index (κ1) is 13.8. The molecular weight excluding hydrogens is 294 g/mol. The van der Waals surface area contributed by atoms with Crippen LogP contribution in [0.4, 0.5) is 0 Å². The Morgan fingerprint density at radius 3 is 2.83 bits per heavy atom. The summed E-state index contributed by atoms with van der Waals surface area (Å²) < 4.78 is 12.8. The molecule has 0 saturated heterocycles. The van der Waals surface area contributed by atoms with Gasteiger partial charge >= 0.3 is 0 Å². The van der Waals surface area contributed by atoms with Gasteiger partial charge in [0.05, 0.1) is 0 Å². The summed E-state index contributed by atoms with van der Waals surface area (Å²) in [6.45, 7) is 4.89. The maximum atomic E-state index is 5.99. The van der Waals surface area contributed by atoms with E-state index in [1.165, 1.54) is 0 Å². The number of halogens is 1. The van der Waals surface area contributed by atoms with Gasteiger partial charge in [0, 0.05) is 23.5 Å². The Hall–Kier alpha value is -0.580. The minimum absolute atomic E-state index is 0.0352. The molecule has 1 aromatic rings. The van der Waals surface area contributed by atoms with Gasteiger partial charge in [-0.15, -0.1) is 0 Å². The lowest BCUT2D eigenvalue weighted by molar-refractivity contribution is -0.0981. The van der Waals surface area contributed by atoms with Gasteiger partial charge in [-0.1, -0.05) is 22.9 Å². The molecule has 18 heavy (non-hydrogen) atoms. The van der Waals surface area contributed by atoms with Gasteiger partial charge in [-0.3, -0.25) is 0 Å². The first-order chi connectivity index (χ1) is 8.61. The van der Waals surface area contributed by atoms with Crippen LogP contribution in [0.2, 0.25) is 0 Å². The predicted octanol–water partition coefficient (Wildman–Crippen LogP) is 3.03. The van der Waals surface area contributed by atoms with E-state index in [4.69, 9.17) is 15.2 Å². The molecule has 2 N–H and O–H groups in total. The number of ether oxygens (including phenoxy) is 2. The average molecular weight is 314 g/mol. The number of aryl methyl sites for hydroxylation is 1. The van der Waals surface area contributed by atoms with Crippen LogP contribution in [0.5, 0.6) is 5.75 Å². The number of hydrogen-bond acceptors (Lipinski definition) is 3. The molecule has 0 spiro atoms. The van der Waals surface area contributed by atoms with E-state index in [0.717, 1.165) is 35.2 Å². The van der Waals surface area contributed by atoms with E-state index in [2.05, 4.69) is 28.9 Å². The molecule has 0 radical (unpaired) electrons. The quantitative estimate of drug-likeness (QED) is 0.908. The van der Waals surface area contributed by atoms with Crippen LogP contribution in [0.1, 0.15) is 25.3 Å². The molecule has 2 rings (SSSR count). The highest BCUT2D eigenvalue weighted by molar-refractivity contribution is 9.10. The van der Waals surface area contributed by atoms with E-state index in [1.807, 2.05) is 19.1 Å². The molecule has 0 bridgehead atoms. The van der Waals surface area contributed by atoms with E-state index in [9.17, 15) is 0 Å². The van der Waals surface area contributed by atoms with Crippen molar-refractivity contribution >= 4 is 15.9 Å². The molecule has 1 aliphatic rings. The first-order valence-corrected chi connectivity index (χ1v) is 7.21. The molecule has 0 aromatic heterocycles. The minimum atomic E-state index is 0.0352. The molecule has 1 saturated carbocycles. The Bertz CT molecular complexity index is 411. The predicted molar refractivity (Wildman–Crippen MR) is 75.9 cm³/mol. The molecule has 0 heterocycles. The van der Waals surface area contributed by atoms with E-state index in [1.54, 1.807) is 0 Å². The van der Waals surface area contributed by atoms with Crippen molar-refractivity contribution in [1.82, 2.24) is 0 Å². The zero-order chi connectivity index (χ0) is 13.1. The summed E-state index contributed by atoms with van der Waals surface area (Å²) in [5, 5.41) is 0. The highest BCUT2D eigenvalue weighted by atomic mass is 79.9. The number of hydrogen-bond donors (Lipinski definition) is 1. The normalized spacial score (nSPS) is 26.8. The van der Waals surface area contributed by atoms with E-state index in [-0.39, 0.29) is 18.2 Å². The molecule has 1 fully saturated rings. The van der Waals surface area contributed by atoms with Crippen LogP contribution in [0.25, 0.3) is 0 Å². The lowest BCUT2D eigenvalue weighted by Crippen LogP contribution is -2.59. The van der Waals surface area contributed by atoms with Crippen molar-refractivity contribution in [3.05, 3.63) is 28.2 Å². The Balaban J connectivity index is 1.96. The van der Waals surface area contributed by atoms with Crippen LogP contribution in [0.3, 0.4) is 0 Å². The minimum Gasteiger partial charge on any atom is -0.487 e. The fourth-order valence-electron chi connectivity index (χ4n) is 2.12. The topological polar surface area (TPSA) is 44.5 Å². The van der Waals surface area contributed by atoms with E-state index < -0.39 is 0 Å². The molecule has 100 valence electrons. The summed E-state index contributed by atoms with van der Waals surface area (Å²) in [5.41, 5.74) is 7.08. The van der Waals surface area contributed by atoms with Crippen molar-refractivity contribution in [2.24, 2.45) is 5.73 Å². The van der Waals surface area contributed by atoms with Gasteiger partial charge in [0.15, 0.2) is 0 Å². The van der Waals surface area contributed by atoms with Crippen LogP contribution in [-0.4, -0.2) is 24.9 Å². The summed E-state index contributed by atoms with van der Waals surface area (Å²) in [6.07, 6.45) is 2.00. The third-order valence-electron chi connectivity index (χ3n) is 3.22. The molecule has 1 aromatic carbocycles. The number of nitrogens with two attached hydrogens (primary N) is 1. The Kier molecular flexibility index (Phi) is 4.65. The second kappa shape index (κ2) is 6.04. The maximum Gasteiger partial charge on any atom is 0.128 e. The van der Waals surface area contributed by atoms with Crippen LogP contribution in [0, 0.1) is 6.92 Å². The molecule has 0 aliphatic heterocycles. The fraction of sp³-hybridized carbons (Fsp3) is 0.571. The van der Waals surface area contributed by atoms with Crippen LogP contribution < -0.4 is 10.5 Å². The van der Waals surface area contributed by atoms with Gasteiger partial charge in [-0.25, -0.2) is 0 Å². The SMILES string of the molecule is CCCOC1C(N)CC1Oc1ccc(Br)cc1C. The highest BCUT2D eigenvalue weighted by Crippen LogP contribution is 2.30. The molecule has 0 amide bonds. The number of benzene rings is 1. The monoisotopic (exact) mass is 313 g/mol. The second-order valence-electron chi connectivity index (χ2n) is 4.80. The molecule has 3 nitrogen and oxygen atoms in total.